The van der Waals surface area contributed by atoms with Crippen LogP contribution in [-0.4, -0.2) is 41.1 Å². The maximum atomic E-state index is 12.6. The second-order valence-corrected chi connectivity index (χ2v) is 5.41. The largest absolute Gasteiger partial charge is 0.396 e. The van der Waals surface area contributed by atoms with Gasteiger partial charge in [-0.2, -0.15) is 0 Å². The molecule has 5 heteroatoms. The molecule has 1 amide bonds. The Morgan fingerprint density at radius 3 is 2.81 bits per heavy atom. The number of carbonyl (C=O) groups is 1. The summed E-state index contributed by atoms with van der Waals surface area (Å²) in [5.41, 5.74) is 1.30. The Hall–Kier alpha value is -1.65. The van der Waals surface area contributed by atoms with Crippen LogP contribution in [-0.2, 0) is 0 Å². The van der Waals surface area contributed by atoms with E-state index in [-0.39, 0.29) is 12.5 Å². The van der Waals surface area contributed by atoms with Crippen LogP contribution in [0.4, 0.5) is 0 Å². The van der Waals surface area contributed by atoms with Crippen LogP contribution in [0.1, 0.15) is 29.6 Å². The highest BCUT2D eigenvalue weighted by Gasteiger charge is 2.16. The number of aromatic nitrogens is 1. The van der Waals surface area contributed by atoms with Crippen molar-refractivity contribution in [3.8, 4) is 0 Å². The molecule has 0 fully saturated rings. The number of fused-ring (bicyclic) bond motifs is 1. The van der Waals surface area contributed by atoms with Gasteiger partial charge in [-0.1, -0.05) is 29.8 Å². The van der Waals surface area contributed by atoms with Gasteiger partial charge in [0.1, 0.15) is 5.15 Å². The summed E-state index contributed by atoms with van der Waals surface area (Å²) in [4.78, 5) is 18.5. The topological polar surface area (TPSA) is 53.4 Å². The Morgan fingerprint density at radius 1 is 1.29 bits per heavy atom. The van der Waals surface area contributed by atoms with Crippen LogP contribution in [0.2, 0.25) is 5.15 Å². The maximum Gasteiger partial charge on any atom is 0.254 e. The number of hydrogen-bond acceptors (Lipinski definition) is 3. The van der Waals surface area contributed by atoms with Crippen molar-refractivity contribution in [2.75, 3.05) is 20.2 Å². The average Bonchev–Trinajstić information content (AvgIpc) is 2.49. The van der Waals surface area contributed by atoms with Crippen molar-refractivity contribution in [3.63, 3.8) is 0 Å². The summed E-state index contributed by atoms with van der Waals surface area (Å²) in [6.45, 7) is 0.857. The second kappa shape index (κ2) is 7.38. The first kappa shape index (κ1) is 15.7. The highest BCUT2D eigenvalue weighted by Crippen LogP contribution is 2.22. The molecule has 1 N–H and O–H groups in total. The number of amides is 1. The van der Waals surface area contributed by atoms with Gasteiger partial charge in [0.2, 0.25) is 0 Å². The van der Waals surface area contributed by atoms with Gasteiger partial charge in [0.25, 0.3) is 5.91 Å². The summed E-state index contributed by atoms with van der Waals surface area (Å²) in [7, 11) is 1.78. The molecular weight excluding hydrogens is 288 g/mol. The van der Waals surface area contributed by atoms with Gasteiger partial charge < -0.3 is 10.0 Å². The van der Waals surface area contributed by atoms with Crippen LogP contribution in [0, 0.1) is 0 Å². The van der Waals surface area contributed by atoms with Gasteiger partial charge in [-0.25, -0.2) is 4.98 Å². The smallest absolute Gasteiger partial charge is 0.254 e. The summed E-state index contributed by atoms with van der Waals surface area (Å²) in [5, 5.41) is 9.90. The van der Waals surface area contributed by atoms with Crippen LogP contribution in [0.15, 0.2) is 30.3 Å². The quantitative estimate of drug-likeness (QED) is 0.659. The third-order valence-corrected chi connectivity index (χ3v) is 3.61. The van der Waals surface area contributed by atoms with Crippen LogP contribution in [0.25, 0.3) is 10.9 Å². The number of carbonyl (C=O) groups excluding carboxylic acids is 1. The third kappa shape index (κ3) is 3.93. The fourth-order valence-corrected chi connectivity index (χ4v) is 2.46. The molecule has 4 nitrogen and oxygen atoms in total. The number of unbranched alkanes of at least 4 members (excludes halogenated alkanes) is 2. The van der Waals surface area contributed by atoms with E-state index in [1.54, 1.807) is 18.0 Å². The van der Waals surface area contributed by atoms with E-state index in [0.29, 0.717) is 17.3 Å². The molecule has 0 aliphatic heterocycles. The average molecular weight is 307 g/mol. The standard InChI is InChI=1S/C16H19ClN2O2/c1-19(9-5-2-6-10-20)16(21)13-11-15(17)18-14-8-4-3-7-12(13)14/h3-4,7-8,11,20H,2,5-6,9-10H2,1H3. The van der Waals surface area contributed by atoms with E-state index in [9.17, 15) is 4.79 Å². The van der Waals surface area contributed by atoms with E-state index in [2.05, 4.69) is 4.98 Å². The lowest BCUT2D eigenvalue weighted by molar-refractivity contribution is 0.0794. The fraction of sp³-hybridized carbons (Fsp3) is 0.375. The number of halogens is 1. The Balaban J connectivity index is 2.18. The number of aliphatic hydroxyl groups is 1. The zero-order valence-electron chi connectivity index (χ0n) is 12.1. The highest BCUT2D eigenvalue weighted by atomic mass is 35.5. The minimum Gasteiger partial charge on any atom is -0.396 e. The monoisotopic (exact) mass is 306 g/mol. The van der Waals surface area contributed by atoms with Gasteiger partial charge >= 0.3 is 0 Å². The van der Waals surface area contributed by atoms with Gasteiger partial charge in [0, 0.05) is 25.6 Å². The summed E-state index contributed by atoms with van der Waals surface area (Å²) >= 11 is 6.01. The van der Waals surface area contributed by atoms with Crippen molar-refractivity contribution >= 4 is 28.4 Å². The van der Waals surface area contributed by atoms with Gasteiger partial charge in [-0.3, -0.25) is 4.79 Å². The zero-order valence-corrected chi connectivity index (χ0v) is 12.8. The van der Waals surface area contributed by atoms with E-state index in [4.69, 9.17) is 16.7 Å². The van der Waals surface area contributed by atoms with Crippen LogP contribution in [0.3, 0.4) is 0 Å². The van der Waals surface area contributed by atoms with Gasteiger partial charge in [0.05, 0.1) is 11.1 Å². The van der Waals surface area contributed by atoms with Gasteiger partial charge in [-0.05, 0) is 31.4 Å². The van der Waals surface area contributed by atoms with Crippen LogP contribution >= 0.6 is 11.6 Å². The molecule has 0 saturated carbocycles. The number of rotatable bonds is 6. The predicted octanol–water partition coefficient (Wildman–Crippen LogP) is 3.12. The molecule has 0 radical (unpaired) electrons. The van der Waals surface area contributed by atoms with Crippen molar-refractivity contribution in [3.05, 3.63) is 41.0 Å². The van der Waals surface area contributed by atoms with E-state index in [0.717, 1.165) is 30.2 Å². The molecule has 0 aliphatic rings. The zero-order chi connectivity index (χ0) is 15.2. The van der Waals surface area contributed by atoms with Crippen molar-refractivity contribution in [2.24, 2.45) is 0 Å². The number of nitrogens with zero attached hydrogens (tertiary/aromatic N) is 2. The first-order valence-electron chi connectivity index (χ1n) is 7.05. The lowest BCUT2D eigenvalue weighted by Crippen LogP contribution is -2.28. The van der Waals surface area contributed by atoms with Crippen molar-refractivity contribution in [2.45, 2.75) is 19.3 Å². The SMILES string of the molecule is CN(CCCCCO)C(=O)c1cc(Cl)nc2ccccc12. The van der Waals surface area contributed by atoms with E-state index in [1.807, 2.05) is 24.3 Å². The third-order valence-electron chi connectivity index (χ3n) is 3.41. The van der Waals surface area contributed by atoms with Crippen LogP contribution in [0.5, 0.6) is 0 Å². The highest BCUT2D eigenvalue weighted by molar-refractivity contribution is 6.30. The summed E-state index contributed by atoms with van der Waals surface area (Å²) in [6, 6.07) is 9.11. The molecule has 21 heavy (non-hydrogen) atoms. The second-order valence-electron chi connectivity index (χ2n) is 5.02. The molecular formula is C16H19ClN2O2. The molecule has 0 bridgehead atoms. The van der Waals surface area contributed by atoms with Gasteiger partial charge in [-0.15, -0.1) is 0 Å². The minimum atomic E-state index is -0.0560. The molecule has 0 saturated heterocycles. The van der Waals surface area contributed by atoms with Crippen molar-refractivity contribution < 1.29 is 9.90 Å². The Bertz CT molecular complexity index is 631. The maximum absolute atomic E-state index is 12.6. The predicted molar refractivity (Wildman–Crippen MR) is 84.7 cm³/mol. The Labute approximate surface area is 129 Å². The molecule has 0 unspecified atom stereocenters. The van der Waals surface area contributed by atoms with Crippen LogP contribution < -0.4 is 0 Å². The molecule has 0 spiro atoms. The molecule has 0 aliphatic carbocycles. The molecule has 0 atom stereocenters. The first-order chi connectivity index (χ1) is 10.1. The Morgan fingerprint density at radius 2 is 2.05 bits per heavy atom. The Kier molecular flexibility index (Phi) is 5.53. The van der Waals surface area contributed by atoms with Crippen molar-refractivity contribution in [1.29, 1.82) is 0 Å². The lowest BCUT2D eigenvalue weighted by atomic mass is 10.1. The fourth-order valence-electron chi connectivity index (χ4n) is 2.26. The number of benzene rings is 1. The normalized spacial score (nSPS) is 10.8. The molecule has 1 aromatic heterocycles. The number of hydrogen-bond donors (Lipinski definition) is 1. The molecule has 2 rings (SSSR count). The molecule has 112 valence electrons. The van der Waals surface area contributed by atoms with Crippen molar-refractivity contribution in [1.82, 2.24) is 9.88 Å². The molecule has 2 aromatic rings. The number of pyridine rings is 1. The summed E-state index contributed by atoms with van der Waals surface area (Å²) in [6.07, 6.45) is 2.55. The molecule has 1 aromatic carbocycles. The molecule has 1 heterocycles. The van der Waals surface area contributed by atoms with E-state index in [1.165, 1.54) is 0 Å². The summed E-state index contributed by atoms with van der Waals surface area (Å²) in [5.74, 6) is -0.0560. The minimum absolute atomic E-state index is 0.0560. The summed E-state index contributed by atoms with van der Waals surface area (Å²) < 4.78 is 0. The van der Waals surface area contributed by atoms with E-state index < -0.39 is 0 Å². The lowest BCUT2D eigenvalue weighted by Gasteiger charge is -2.18. The van der Waals surface area contributed by atoms with E-state index >= 15 is 0 Å². The number of para-hydroxylation sites is 1. The van der Waals surface area contributed by atoms with Gasteiger partial charge in [0.15, 0.2) is 0 Å². The number of aliphatic hydroxyl groups excluding tert-OH is 1. The first-order valence-corrected chi connectivity index (χ1v) is 7.43.